The molecule has 2 heterocycles. The molecule has 0 amide bonds. The molecule has 0 saturated heterocycles. The zero-order valence-corrected chi connectivity index (χ0v) is 12.9. The van der Waals surface area contributed by atoms with Gasteiger partial charge in [0.2, 0.25) is 5.28 Å². The number of halogens is 1. The fourth-order valence-corrected chi connectivity index (χ4v) is 2.32. The Morgan fingerprint density at radius 3 is 2.33 bits per heavy atom. The molecular weight excluding hydrogens is 284 g/mol. The van der Waals surface area contributed by atoms with Crippen LogP contribution in [-0.4, -0.2) is 19.9 Å². The molecule has 5 heteroatoms. The van der Waals surface area contributed by atoms with Crippen LogP contribution in [0.15, 0.2) is 36.5 Å². The van der Waals surface area contributed by atoms with Crippen molar-refractivity contribution in [3.8, 4) is 11.3 Å². The van der Waals surface area contributed by atoms with Crippen molar-refractivity contribution in [1.82, 2.24) is 19.9 Å². The van der Waals surface area contributed by atoms with Gasteiger partial charge < -0.3 is 0 Å². The van der Waals surface area contributed by atoms with Gasteiger partial charge in [-0.15, -0.1) is 0 Å². The normalized spacial score (nSPS) is 11.8. The third kappa shape index (κ3) is 2.72. The molecule has 0 saturated carbocycles. The van der Waals surface area contributed by atoms with Crippen LogP contribution in [-0.2, 0) is 5.41 Å². The number of nitrogens with zero attached hydrogens (tertiary/aromatic N) is 4. The molecule has 106 valence electrons. The van der Waals surface area contributed by atoms with E-state index in [1.54, 1.807) is 6.20 Å². The van der Waals surface area contributed by atoms with Crippen molar-refractivity contribution in [2.24, 2.45) is 0 Å². The second-order valence-corrected chi connectivity index (χ2v) is 6.22. The summed E-state index contributed by atoms with van der Waals surface area (Å²) in [5, 5.41) is 0.201. The van der Waals surface area contributed by atoms with E-state index in [2.05, 4.69) is 40.7 Å². The first-order valence-corrected chi connectivity index (χ1v) is 7.09. The lowest BCUT2D eigenvalue weighted by molar-refractivity contribution is 0.572. The maximum atomic E-state index is 6.04. The van der Waals surface area contributed by atoms with Gasteiger partial charge in [-0.2, -0.15) is 4.98 Å². The summed E-state index contributed by atoms with van der Waals surface area (Å²) in [6.07, 6.45) is 1.75. The summed E-state index contributed by atoms with van der Waals surface area (Å²) in [7, 11) is 0. The summed E-state index contributed by atoms with van der Waals surface area (Å²) in [6.45, 7) is 6.20. The lowest BCUT2D eigenvalue weighted by atomic mass is 9.91. The summed E-state index contributed by atoms with van der Waals surface area (Å²) < 4.78 is 0. The number of hydrogen-bond acceptors (Lipinski definition) is 4. The van der Waals surface area contributed by atoms with Crippen LogP contribution in [0.3, 0.4) is 0 Å². The summed E-state index contributed by atoms with van der Waals surface area (Å²) >= 11 is 6.04. The van der Waals surface area contributed by atoms with Gasteiger partial charge in [0, 0.05) is 11.0 Å². The van der Waals surface area contributed by atoms with Crippen molar-refractivity contribution in [2.75, 3.05) is 0 Å². The van der Waals surface area contributed by atoms with Crippen molar-refractivity contribution in [3.05, 3.63) is 47.5 Å². The number of hydrogen-bond donors (Lipinski definition) is 0. The average molecular weight is 299 g/mol. The van der Waals surface area contributed by atoms with E-state index in [0.717, 1.165) is 17.0 Å². The minimum absolute atomic E-state index is 0.173. The summed E-state index contributed by atoms with van der Waals surface area (Å²) in [5.41, 5.74) is 3.64. The number of benzene rings is 1. The second-order valence-electron chi connectivity index (χ2n) is 5.88. The standard InChI is InChI=1S/C16H15ClN4/c1-16(2,3)13-12-14(21-15(17)20-13)19-11(9-18-12)10-7-5-4-6-8-10/h4-9H,1-3H3. The second kappa shape index (κ2) is 5.04. The molecule has 0 aliphatic rings. The molecule has 0 unspecified atom stereocenters. The zero-order chi connectivity index (χ0) is 15.0. The lowest BCUT2D eigenvalue weighted by Crippen LogP contribution is -2.16. The van der Waals surface area contributed by atoms with E-state index < -0.39 is 0 Å². The van der Waals surface area contributed by atoms with Gasteiger partial charge in [0.1, 0.15) is 5.52 Å². The summed E-state index contributed by atoms with van der Waals surface area (Å²) in [5.74, 6) is 0. The van der Waals surface area contributed by atoms with E-state index in [4.69, 9.17) is 11.6 Å². The van der Waals surface area contributed by atoms with Crippen LogP contribution >= 0.6 is 11.6 Å². The summed E-state index contributed by atoms with van der Waals surface area (Å²) in [6, 6.07) is 9.88. The molecule has 0 fully saturated rings. The average Bonchev–Trinajstić information content (AvgIpc) is 2.45. The molecule has 0 aliphatic heterocycles. The van der Waals surface area contributed by atoms with Gasteiger partial charge in [-0.3, -0.25) is 0 Å². The molecule has 4 nitrogen and oxygen atoms in total. The monoisotopic (exact) mass is 298 g/mol. The predicted octanol–water partition coefficient (Wildman–Crippen LogP) is 4.04. The van der Waals surface area contributed by atoms with Gasteiger partial charge in [-0.1, -0.05) is 51.1 Å². The Bertz CT molecular complexity index is 794. The van der Waals surface area contributed by atoms with Crippen LogP contribution in [0.4, 0.5) is 0 Å². The maximum absolute atomic E-state index is 6.04. The van der Waals surface area contributed by atoms with E-state index in [1.165, 1.54) is 0 Å². The Morgan fingerprint density at radius 2 is 1.67 bits per heavy atom. The summed E-state index contributed by atoms with van der Waals surface area (Å²) in [4.78, 5) is 17.6. The third-order valence-electron chi connectivity index (χ3n) is 3.16. The molecular formula is C16H15ClN4. The van der Waals surface area contributed by atoms with Crippen molar-refractivity contribution in [1.29, 1.82) is 0 Å². The first kappa shape index (κ1) is 13.9. The fraction of sp³-hybridized carbons (Fsp3) is 0.250. The van der Waals surface area contributed by atoms with Gasteiger partial charge in [0.15, 0.2) is 5.65 Å². The van der Waals surface area contributed by atoms with Gasteiger partial charge in [0.25, 0.3) is 0 Å². The first-order valence-electron chi connectivity index (χ1n) is 6.71. The highest BCUT2D eigenvalue weighted by molar-refractivity contribution is 6.28. The van der Waals surface area contributed by atoms with Crippen LogP contribution in [0, 0.1) is 0 Å². The highest BCUT2D eigenvalue weighted by Crippen LogP contribution is 2.28. The fourth-order valence-electron chi connectivity index (χ4n) is 2.15. The minimum Gasteiger partial charge on any atom is -0.249 e. The van der Waals surface area contributed by atoms with Crippen molar-refractivity contribution in [2.45, 2.75) is 26.2 Å². The molecule has 3 rings (SSSR count). The van der Waals surface area contributed by atoms with Crippen LogP contribution in [0.1, 0.15) is 26.5 Å². The van der Waals surface area contributed by atoms with Crippen LogP contribution in [0.2, 0.25) is 5.28 Å². The van der Waals surface area contributed by atoms with Gasteiger partial charge in [-0.25, -0.2) is 15.0 Å². The molecule has 0 atom stereocenters. The molecule has 1 aromatic carbocycles. The minimum atomic E-state index is -0.173. The molecule has 0 bridgehead atoms. The Labute approximate surface area is 128 Å². The topological polar surface area (TPSA) is 51.6 Å². The van der Waals surface area contributed by atoms with Gasteiger partial charge in [0.05, 0.1) is 17.6 Å². The Kier molecular flexibility index (Phi) is 3.33. The SMILES string of the molecule is CC(C)(C)c1nc(Cl)nc2nc(-c3ccccc3)cnc12. The van der Waals surface area contributed by atoms with Crippen molar-refractivity contribution < 1.29 is 0 Å². The van der Waals surface area contributed by atoms with Crippen molar-refractivity contribution in [3.63, 3.8) is 0 Å². The Morgan fingerprint density at radius 1 is 0.952 bits per heavy atom. The largest absolute Gasteiger partial charge is 0.249 e. The lowest BCUT2D eigenvalue weighted by Gasteiger charge is -2.18. The maximum Gasteiger partial charge on any atom is 0.224 e. The molecule has 0 aliphatic carbocycles. The first-order chi connectivity index (χ1) is 9.95. The van der Waals surface area contributed by atoms with Crippen LogP contribution in [0.25, 0.3) is 22.4 Å². The predicted molar refractivity (Wildman–Crippen MR) is 84.3 cm³/mol. The number of fused-ring (bicyclic) bond motifs is 1. The van der Waals surface area contributed by atoms with Gasteiger partial charge >= 0.3 is 0 Å². The third-order valence-corrected chi connectivity index (χ3v) is 3.33. The Hall–Kier alpha value is -2.07. The van der Waals surface area contributed by atoms with E-state index in [-0.39, 0.29) is 10.7 Å². The molecule has 0 spiro atoms. The highest BCUT2D eigenvalue weighted by Gasteiger charge is 2.22. The molecule has 2 aromatic heterocycles. The molecule has 3 aromatic rings. The van der Waals surface area contributed by atoms with E-state index >= 15 is 0 Å². The van der Waals surface area contributed by atoms with E-state index in [9.17, 15) is 0 Å². The molecule has 0 N–H and O–H groups in total. The van der Waals surface area contributed by atoms with E-state index in [1.807, 2.05) is 30.3 Å². The number of aromatic nitrogens is 4. The number of rotatable bonds is 1. The van der Waals surface area contributed by atoms with Gasteiger partial charge in [-0.05, 0) is 11.6 Å². The quantitative estimate of drug-likeness (QED) is 0.636. The van der Waals surface area contributed by atoms with Crippen molar-refractivity contribution >= 4 is 22.8 Å². The zero-order valence-electron chi connectivity index (χ0n) is 12.1. The van der Waals surface area contributed by atoms with Crippen LogP contribution < -0.4 is 0 Å². The van der Waals surface area contributed by atoms with Crippen LogP contribution in [0.5, 0.6) is 0 Å². The molecule has 21 heavy (non-hydrogen) atoms. The smallest absolute Gasteiger partial charge is 0.224 e. The highest BCUT2D eigenvalue weighted by atomic mass is 35.5. The molecule has 0 radical (unpaired) electrons. The Balaban J connectivity index is 2.24. The van der Waals surface area contributed by atoms with E-state index in [0.29, 0.717) is 11.2 Å².